The van der Waals surface area contributed by atoms with Crippen molar-refractivity contribution in [1.82, 2.24) is 14.8 Å². The molecule has 0 fully saturated rings. The van der Waals surface area contributed by atoms with Gasteiger partial charge in [-0.05, 0) is 48.9 Å². The van der Waals surface area contributed by atoms with E-state index in [4.69, 9.17) is 27.6 Å². The molecule has 158 valence electrons. The van der Waals surface area contributed by atoms with Gasteiger partial charge < -0.3 is 9.73 Å². The predicted molar refractivity (Wildman–Crippen MR) is 126 cm³/mol. The largest absolute Gasteiger partial charge is 0.453 e. The number of rotatable bonds is 7. The maximum atomic E-state index is 12.4. The van der Waals surface area contributed by atoms with Gasteiger partial charge in [0.2, 0.25) is 11.7 Å². The van der Waals surface area contributed by atoms with Gasteiger partial charge in [-0.25, -0.2) is 0 Å². The molecule has 0 spiro atoms. The summed E-state index contributed by atoms with van der Waals surface area (Å²) >= 11 is 13.5. The Morgan fingerprint density at radius 1 is 1.23 bits per heavy atom. The minimum Gasteiger partial charge on any atom is -0.453 e. The molecule has 2 aromatic carbocycles. The predicted octanol–water partition coefficient (Wildman–Crippen LogP) is 6.22. The normalized spacial score (nSPS) is 11.1. The SMILES string of the molecule is C=CCn1c(SCC(=O)Nc2ccc(C)c(Cl)c2)nnc1-c1cc2cc(Cl)ccc2o1. The average Bonchev–Trinajstić information content (AvgIpc) is 3.33. The molecule has 6 nitrogen and oxygen atoms in total. The highest BCUT2D eigenvalue weighted by atomic mass is 35.5. The summed E-state index contributed by atoms with van der Waals surface area (Å²) in [7, 11) is 0. The van der Waals surface area contributed by atoms with Crippen LogP contribution in [-0.4, -0.2) is 26.4 Å². The van der Waals surface area contributed by atoms with E-state index >= 15 is 0 Å². The Morgan fingerprint density at radius 3 is 2.84 bits per heavy atom. The molecule has 0 atom stereocenters. The average molecular weight is 473 g/mol. The summed E-state index contributed by atoms with van der Waals surface area (Å²) in [6.07, 6.45) is 1.74. The van der Waals surface area contributed by atoms with Gasteiger partial charge in [0.15, 0.2) is 10.9 Å². The molecule has 0 saturated heterocycles. The first-order valence-electron chi connectivity index (χ1n) is 9.37. The van der Waals surface area contributed by atoms with E-state index in [9.17, 15) is 4.79 Å². The molecule has 4 aromatic rings. The van der Waals surface area contributed by atoms with Gasteiger partial charge in [-0.1, -0.05) is 47.1 Å². The van der Waals surface area contributed by atoms with Crippen molar-refractivity contribution in [3.05, 3.63) is 70.7 Å². The first-order chi connectivity index (χ1) is 14.9. The number of anilines is 1. The Morgan fingerprint density at radius 2 is 2.06 bits per heavy atom. The Bertz CT molecular complexity index is 1280. The fourth-order valence-corrected chi connectivity index (χ4v) is 4.10. The van der Waals surface area contributed by atoms with Crippen molar-refractivity contribution in [1.29, 1.82) is 0 Å². The lowest BCUT2D eigenvalue weighted by Crippen LogP contribution is -2.14. The van der Waals surface area contributed by atoms with Crippen LogP contribution in [0.25, 0.3) is 22.6 Å². The Labute approximate surface area is 193 Å². The zero-order chi connectivity index (χ0) is 22.0. The lowest BCUT2D eigenvalue weighted by molar-refractivity contribution is -0.113. The summed E-state index contributed by atoms with van der Waals surface area (Å²) in [4.78, 5) is 12.4. The number of carbonyl (C=O) groups excluding carboxylic acids is 1. The number of furan rings is 1. The molecule has 2 aromatic heterocycles. The summed E-state index contributed by atoms with van der Waals surface area (Å²) in [6, 6.07) is 12.7. The van der Waals surface area contributed by atoms with E-state index in [-0.39, 0.29) is 11.7 Å². The van der Waals surface area contributed by atoms with Crippen molar-refractivity contribution < 1.29 is 9.21 Å². The molecule has 1 amide bonds. The number of carbonyl (C=O) groups is 1. The van der Waals surface area contributed by atoms with Crippen molar-refractivity contribution in [2.24, 2.45) is 0 Å². The van der Waals surface area contributed by atoms with Gasteiger partial charge in [0.05, 0.1) is 5.75 Å². The van der Waals surface area contributed by atoms with Gasteiger partial charge in [-0.2, -0.15) is 0 Å². The fourth-order valence-electron chi connectivity index (χ4n) is 2.99. The second-order valence-corrected chi connectivity index (χ2v) is 8.59. The zero-order valence-corrected chi connectivity index (χ0v) is 18.9. The monoisotopic (exact) mass is 472 g/mol. The number of hydrogen-bond acceptors (Lipinski definition) is 5. The summed E-state index contributed by atoms with van der Waals surface area (Å²) < 4.78 is 7.77. The maximum absolute atomic E-state index is 12.4. The highest BCUT2D eigenvalue weighted by Gasteiger charge is 2.18. The molecule has 9 heteroatoms. The number of nitrogens with one attached hydrogen (secondary N) is 1. The van der Waals surface area contributed by atoms with Crippen LogP contribution in [0.3, 0.4) is 0 Å². The van der Waals surface area contributed by atoms with E-state index in [1.165, 1.54) is 11.8 Å². The lowest BCUT2D eigenvalue weighted by atomic mass is 10.2. The number of aryl methyl sites for hydroxylation is 1. The fraction of sp³-hybridized carbons (Fsp3) is 0.136. The number of aromatic nitrogens is 3. The van der Waals surface area contributed by atoms with Crippen LogP contribution in [-0.2, 0) is 11.3 Å². The lowest BCUT2D eigenvalue weighted by Gasteiger charge is -2.08. The number of allylic oxidation sites excluding steroid dienone is 1. The van der Waals surface area contributed by atoms with E-state index in [1.54, 1.807) is 18.2 Å². The molecular weight excluding hydrogens is 455 g/mol. The minimum atomic E-state index is -0.169. The Kier molecular flexibility index (Phi) is 6.36. The number of fused-ring (bicyclic) bond motifs is 1. The van der Waals surface area contributed by atoms with Crippen molar-refractivity contribution in [3.63, 3.8) is 0 Å². The van der Waals surface area contributed by atoms with Gasteiger partial charge in [0.25, 0.3) is 0 Å². The van der Waals surface area contributed by atoms with Crippen molar-refractivity contribution in [2.45, 2.75) is 18.6 Å². The van der Waals surface area contributed by atoms with Crippen LogP contribution < -0.4 is 5.32 Å². The van der Waals surface area contributed by atoms with Crippen molar-refractivity contribution in [2.75, 3.05) is 11.1 Å². The number of nitrogens with zero attached hydrogens (tertiary/aromatic N) is 3. The Balaban J connectivity index is 1.52. The van der Waals surface area contributed by atoms with Crippen LogP contribution in [0.4, 0.5) is 5.69 Å². The molecule has 31 heavy (non-hydrogen) atoms. The van der Waals surface area contributed by atoms with Gasteiger partial charge in [-0.15, -0.1) is 16.8 Å². The number of halogens is 2. The van der Waals surface area contributed by atoms with Crippen LogP contribution in [0.2, 0.25) is 10.0 Å². The molecule has 0 aliphatic rings. The third-order valence-electron chi connectivity index (χ3n) is 4.52. The van der Waals surface area contributed by atoms with Crippen LogP contribution in [0.15, 0.2) is 64.7 Å². The van der Waals surface area contributed by atoms with Gasteiger partial charge in [-0.3, -0.25) is 9.36 Å². The van der Waals surface area contributed by atoms with Crippen molar-refractivity contribution >= 4 is 57.5 Å². The molecule has 0 radical (unpaired) electrons. The molecule has 2 heterocycles. The minimum absolute atomic E-state index is 0.163. The molecule has 0 unspecified atom stereocenters. The first-order valence-corrected chi connectivity index (χ1v) is 11.1. The molecule has 4 rings (SSSR count). The highest BCUT2D eigenvalue weighted by molar-refractivity contribution is 7.99. The number of hydrogen-bond donors (Lipinski definition) is 1. The summed E-state index contributed by atoms with van der Waals surface area (Å²) in [5.74, 6) is 1.12. The van der Waals surface area contributed by atoms with Gasteiger partial charge in [0.1, 0.15) is 5.58 Å². The van der Waals surface area contributed by atoms with E-state index in [0.29, 0.717) is 44.6 Å². The second-order valence-electron chi connectivity index (χ2n) is 6.80. The van der Waals surface area contributed by atoms with E-state index in [0.717, 1.165) is 10.9 Å². The standard InChI is InChI=1S/C22H18Cl2N4O2S/c1-3-8-28-21(19-10-14-9-15(23)5-7-18(14)30-19)26-27-22(28)31-12-20(29)25-16-6-4-13(2)17(24)11-16/h3-7,9-11H,1,8,12H2,2H3,(H,25,29). The molecular formula is C22H18Cl2N4O2S. The quantitative estimate of drug-likeness (QED) is 0.255. The van der Waals surface area contributed by atoms with E-state index in [2.05, 4.69) is 22.1 Å². The molecule has 0 bridgehead atoms. The van der Waals surface area contributed by atoms with Crippen LogP contribution in [0.5, 0.6) is 0 Å². The van der Waals surface area contributed by atoms with Crippen molar-refractivity contribution in [3.8, 4) is 11.6 Å². The van der Waals surface area contributed by atoms with Gasteiger partial charge in [0, 0.05) is 27.7 Å². The topological polar surface area (TPSA) is 73.0 Å². The second kappa shape index (κ2) is 9.18. The molecule has 1 N–H and O–H groups in total. The molecule has 0 aliphatic heterocycles. The first kappa shape index (κ1) is 21.5. The third-order valence-corrected chi connectivity index (χ3v) is 6.12. The van der Waals surface area contributed by atoms with Gasteiger partial charge >= 0.3 is 0 Å². The Hall–Kier alpha value is -2.74. The third kappa shape index (κ3) is 4.79. The number of amides is 1. The number of thioether (sulfide) groups is 1. The van der Waals surface area contributed by atoms with E-state index in [1.807, 2.05) is 41.8 Å². The highest BCUT2D eigenvalue weighted by Crippen LogP contribution is 2.31. The van der Waals surface area contributed by atoms with Crippen LogP contribution in [0, 0.1) is 6.92 Å². The maximum Gasteiger partial charge on any atom is 0.234 e. The molecule has 0 aliphatic carbocycles. The summed E-state index contributed by atoms with van der Waals surface area (Å²) in [5.41, 5.74) is 2.31. The summed E-state index contributed by atoms with van der Waals surface area (Å²) in [6.45, 7) is 6.18. The number of benzene rings is 2. The summed E-state index contributed by atoms with van der Waals surface area (Å²) in [5, 5.41) is 14.1. The van der Waals surface area contributed by atoms with E-state index < -0.39 is 0 Å². The van der Waals surface area contributed by atoms with Crippen LogP contribution >= 0.6 is 35.0 Å². The zero-order valence-electron chi connectivity index (χ0n) is 16.6. The smallest absolute Gasteiger partial charge is 0.234 e. The van der Waals surface area contributed by atoms with Crippen LogP contribution in [0.1, 0.15) is 5.56 Å². The molecule has 0 saturated carbocycles.